The molecule has 1 amide bonds. The van der Waals surface area contributed by atoms with Gasteiger partial charge in [-0.2, -0.15) is 5.10 Å². The number of ether oxygens (including phenoxy) is 4. The molecular weight excluding hydrogens is 664 g/mol. The Balaban J connectivity index is 1.21. The van der Waals surface area contributed by atoms with Crippen LogP contribution in [0, 0.1) is 0 Å². The van der Waals surface area contributed by atoms with Crippen LogP contribution in [0.5, 0.6) is 5.75 Å². The lowest BCUT2D eigenvalue weighted by atomic mass is 9.82. The minimum Gasteiger partial charge on any atom is -0.467 e. The van der Waals surface area contributed by atoms with Gasteiger partial charge in [0.1, 0.15) is 22.2 Å². The fourth-order valence-corrected chi connectivity index (χ4v) is 8.06. The summed E-state index contributed by atoms with van der Waals surface area (Å²) in [5, 5.41) is 14.0. The van der Waals surface area contributed by atoms with Crippen molar-refractivity contribution in [3.63, 3.8) is 0 Å². The van der Waals surface area contributed by atoms with Gasteiger partial charge in [-0.15, -0.1) is 10.2 Å². The van der Waals surface area contributed by atoms with E-state index >= 15 is 0 Å². The van der Waals surface area contributed by atoms with Crippen LogP contribution in [0.2, 0.25) is 0 Å². The molecule has 0 radical (unpaired) electrons. The smallest absolute Gasteiger partial charge is 0.411 e. The van der Waals surface area contributed by atoms with Crippen molar-refractivity contribution in [2.45, 2.75) is 109 Å². The van der Waals surface area contributed by atoms with Crippen molar-refractivity contribution in [1.82, 2.24) is 24.9 Å². The number of carbonyl (C=O) groups is 1. The molecule has 2 unspecified atom stereocenters. The van der Waals surface area contributed by atoms with Crippen LogP contribution in [0.1, 0.15) is 85.8 Å². The van der Waals surface area contributed by atoms with Gasteiger partial charge in [-0.1, -0.05) is 6.07 Å². The number of benzene rings is 1. The molecule has 3 aliphatic rings. The van der Waals surface area contributed by atoms with Gasteiger partial charge in [0.15, 0.2) is 12.6 Å². The van der Waals surface area contributed by atoms with E-state index in [0.717, 1.165) is 78.7 Å². The Bertz CT molecular complexity index is 1570. The molecule has 4 atom stereocenters. The fraction of sp³-hybridized carbons (Fsp3) is 0.600. The molecule has 0 spiro atoms. The number of rotatable bonds is 8. The summed E-state index contributed by atoms with van der Waals surface area (Å²) < 4.78 is 25.7. The molecule has 3 saturated heterocycles. The lowest BCUT2D eigenvalue weighted by Crippen LogP contribution is -2.63. The zero-order valence-electron chi connectivity index (χ0n) is 28.6. The van der Waals surface area contributed by atoms with Crippen molar-refractivity contribution in [2.75, 3.05) is 32.5 Å². The number of aromatic nitrogens is 4. The minimum absolute atomic E-state index is 0.0531. The minimum atomic E-state index is -0.535. The molecule has 1 aromatic carbocycles. The molecule has 3 fully saturated rings. The van der Waals surface area contributed by atoms with Crippen LogP contribution in [0.15, 0.2) is 41.1 Å². The molecule has 3 aliphatic heterocycles. The first kappa shape index (κ1) is 33.7. The number of hydrogen-bond donors (Lipinski definition) is 0. The first-order valence-corrected chi connectivity index (χ1v) is 17.3. The van der Waals surface area contributed by atoms with Gasteiger partial charge >= 0.3 is 6.09 Å². The number of anilines is 1. The third kappa shape index (κ3) is 6.87. The lowest BCUT2D eigenvalue weighted by molar-refractivity contribution is -0.0396. The summed E-state index contributed by atoms with van der Waals surface area (Å²) in [6.45, 7) is 11.0. The van der Waals surface area contributed by atoms with E-state index in [2.05, 4.69) is 57.0 Å². The average Bonchev–Trinajstić information content (AvgIpc) is 3.50. The van der Waals surface area contributed by atoms with Gasteiger partial charge in [-0.3, -0.25) is 4.90 Å². The number of nitrogens with zero attached hydrogens (tertiary/aromatic N) is 6. The highest BCUT2D eigenvalue weighted by Gasteiger charge is 2.59. The Hall–Kier alpha value is -3.22. The molecule has 0 saturated carbocycles. The summed E-state index contributed by atoms with van der Waals surface area (Å²) in [4.78, 5) is 17.5. The van der Waals surface area contributed by atoms with Crippen LogP contribution in [0.4, 0.5) is 10.6 Å². The van der Waals surface area contributed by atoms with E-state index in [9.17, 15) is 4.79 Å². The van der Waals surface area contributed by atoms with Gasteiger partial charge in [0.05, 0.1) is 5.69 Å². The van der Waals surface area contributed by atoms with E-state index in [1.165, 1.54) is 0 Å². The fourth-order valence-electron chi connectivity index (χ4n) is 7.54. The summed E-state index contributed by atoms with van der Waals surface area (Å²) in [6.07, 6.45) is 8.46. The van der Waals surface area contributed by atoms with Crippen molar-refractivity contribution in [3.05, 3.63) is 41.1 Å². The van der Waals surface area contributed by atoms with E-state index in [4.69, 9.17) is 18.9 Å². The number of carbonyl (C=O) groups excluding carboxylic acids is 1. The van der Waals surface area contributed by atoms with Crippen LogP contribution in [-0.4, -0.2) is 81.2 Å². The molecule has 2 bridgehead atoms. The third-order valence-electron chi connectivity index (χ3n) is 9.81. The van der Waals surface area contributed by atoms with Gasteiger partial charge in [0, 0.05) is 55.2 Å². The highest BCUT2D eigenvalue weighted by Crippen LogP contribution is 2.52. The Kier molecular flexibility index (Phi) is 9.32. The second-order valence-corrected chi connectivity index (χ2v) is 15.4. The SMILES string of the molecule is COCOc1cc(-c2cn(C3CCCCO3)nc2Br)ccc1-c1ccc(N(C)C2C[C@]3(C)CC[C@](C)(C2)N3C(=O)OC(C)(C)C)nn1. The highest BCUT2D eigenvalue weighted by atomic mass is 79.9. The Labute approximate surface area is 286 Å². The molecule has 47 heavy (non-hydrogen) atoms. The molecule has 5 heterocycles. The van der Waals surface area contributed by atoms with E-state index in [1.54, 1.807) is 7.11 Å². The van der Waals surface area contributed by atoms with Crippen LogP contribution in [0.3, 0.4) is 0 Å². The molecule has 6 rings (SSSR count). The second-order valence-electron chi connectivity index (χ2n) is 14.7. The maximum atomic E-state index is 13.3. The summed E-state index contributed by atoms with van der Waals surface area (Å²) >= 11 is 3.65. The number of methoxy groups -OCH3 is 1. The topological polar surface area (TPSA) is 104 Å². The predicted molar refractivity (Wildman–Crippen MR) is 183 cm³/mol. The molecule has 2 aromatic heterocycles. The quantitative estimate of drug-likeness (QED) is 0.219. The number of halogens is 1. The molecular formula is C35H47BrN6O5. The van der Waals surface area contributed by atoms with Gasteiger partial charge in [-0.25, -0.2) is 9.48 Å². The monoisotopic (exact) mass is 710 g/mol. The molecule has 12 heteroatoms. The molecule has 11 nitrogen and oxygen atoms in total. The van der Waals surface area contributed by atoms with Gasteiger partial charge in [0.2, 0.25) is 0 Å². The Morgan fingerprint density at radius 3 is 2.45 bits per heavy atom. The Morgan fingerprint density at radius 2 is 1.83 bits per heavy atom. The van der Waals surface area contributed by atoms with Crippen molar-refractivity contribution in [2.24, 2.45) is 0 Å². The third-order valence-corrected chi connectivity index (χ3v) is 10.4. The number of hydrogen-bond acceptors (Lipinski definition) is 9. The summed E-state index contributed by atoms with van der Waals surface area (Å²) in [7, 11) is 3.67. The molecule has 3 aromatic rings. The molecule has 254 valence electrons. The summed E-state index contributed by atoms with van der Waals surface area (Å²) in [6, 6.07) is 10.2. The van der Waals surface area contributed by atoms with Crippen molar-refractivity contribution >= 4 is 27.8 Å². The number of piperidine rings is 1. The van der Waals surface area contributed by atoms with Crippen LogP contribution in [0.25, 0.3) is 22.4 Å². The van der Waals surface area contributed by atoms with Crippen LogP contribution in [-0.2, 0) is 14.2 Å². The van der Waals surface area contributed by atoms with E-state index in [-0.39, 0.29) is 36.2 Å². The van der Waals surface area contributed by atoms with Gasteiger partial charge < -0.3 is 23.8 Å². The normalized spacial score (nSPS) is 25.9. The van der Waals surface area contributed by atoms with E-state index in [0.29, 0.717) is 11.4 Å². The number of fused-ring (bicyclic) bond motifs is 2. The van der Waals surface area contributed by atoms with Crippen molar-refractivity contribution < 1.29 is 23.7 Å². The maximum absolute atomic E-state index is 13.3. The van der Waals surface area contributed by atoms with Gasteiger partial charge in [-0.05, 0) is 125 Å². The van der Waals surface area contributed by atoms with E-state index in [1.807, 2.05) is 66.9 Å². The Morgan fingerprint density at radius 1 is 1.09 bits per heavy atom. The first-order valence-electron chi connectivity index (χ1n) is 16.5. The standard InChI is InChI=1S/C35H47BrN6O5/c1-33(2,3)47-32(43)42-34(4)15-16-35(42,5)20-24(19-34)40(6)29-14-13-27(37-38-29)25-12-11-23(18-28(25)46-22-44-7)26-21-41(39-31(26)36)30-10-8-9-17-45-30/h11-14,18,21,24,30H,8-10,15-17,19-20,22H2,1-7H3/t24?,30?,34-,35+. The van der Waals surface area contributed by atoms with Crippen molar-refractivity contribution in [3.8, 4) is 28.1 Å². The second kappa shape index (κ2) is 13.0. The molecule has 0 aliphatic carbocycles. The summed E-state index contributed by atoms with van der Waals surface area (Å²) in [5.74, 6) is 1.42. The zero-order valence-corrected chi connectivity index (χ0v) is 30.2. The zero-order chi connectivity index (χ0) is 33.6. The first-order chi connectivity index (χ1) is 22.3. The largest absolute Gasteiger partial charge is 0.467 e. The van der Waals surface area contributed by atoms with Crippen molar-refractivity contribution in [1.29, 1.82) is 0 Å². The van der Waals surface area contributed by atoms with Crippen LogP contribution < -0.4 is 9.64 Å². The number of amides is 1. The maximum Gasteiger partial charge on any atom is 0.411 e. The molecule has 0 N–H and O–H groups in total. The predicted octanol–water partition coefficient (Wildman–Crippen LogP) is 7.60. The van der Waals surface area contributed by atoms with Gasteiger partial charge in [0.25, 0.3) is 0 Å². The van der Waals surface area contributed by atoms with E-state index < -0.39 is 5.60 Å². The lowest BCUT2D eigenvalue weighted by Gasteiger charge is -2.52. The average molecular weight is 712 g/mol. The van der Waals surface area contributed by atoms with Crippen LogP contribution >= 0.6 is 15.9 Å². The highest BCUT2D eigenvalue weighted by molar-refractivity contribution is 9.10. The summed E-state index contributed by atoms with van der Waals surface area (Å²) in [5.41, 5.74) is 2.31.